The van der Waals surface area contributed by atoms with Gasteiger partial charge in [0.15, 0.2) is 0 Å². The number of benzene rings is 7. The molecule has 0 atom stereocenters. The van der Waals surface area contributed by atoms with Crippen molar-refractivity contribution < 1.29 is 6.85 Å². The zero-order valence-corrected chi connectivity index (χ0v) is 22.9. The molecule has 0 fully saturated rings. The third kappa shape index (κ3) is 4.08. The first kappa shape index (κ1) is 19.4. The Morgan fingerprint density at radius 2 is 1.05 bits per heavy atom. The van der Waals surface area contributed by atoms with Crippen LogP contribution >= 0.6 is 0 Å². The van der Waals surface area contributed by atoms with E-state index in [1.807, 2.05) is 24.3 Å². The summed E-state index contributed by atoms with van der Waals surface area (Å²) < 4.78 is 40.9. The van der Waals surface area contributed by atoms with Crippen LogP contribution in [-0.4, -0.2) is 0 Å². The fourth-order valence-corrected chi connectivity index (χ4v) is 6.12. The third-order valence-electron chi connectivity index (χ3n) is 7.84. The van der Waals surface area contributed by atoms with E-state index in [1.54, 1.807) is 0 Å². The molecule has 0 saturated heterocycles. The van der Waals surface area contributed by atoms with Gasteiger partial charge >= 0.3 is 0 Å². The fourth-order valence-electron chi connectivity index (χ4n) is 6.12. The molecular formula is C40H32. The van der Waals surface area contributed by atoms with Gasteiger partial charge in [-0.1, -0.05) is 154 Å². The normalized spacial score (nSPS) is 13.6. The fraction of sp³-hybridized carbons (Fsp3) is 0.100. The summed E-state index contributed by atoms with van der Waals surface area (Å²) in [5.41, 5.74) is 6.48. The van der Waals surface area contributed by atoms with Gasteiger partial charge in [0.2, 0.25) is 0 Å². The van der Waals surface area contributed by atoms with Gasteiger partial charge in [-0.15, -0.1) is 0 Å². The first-order valence-electron chi connectivity index (χ1n) is 16.2. The van der Waals surface area contributed by atoms with Crippen molar-refractivity contribution in [2.45, 2.75) is 26.2 Å². The largest absolute Gasteiger partial charge is 0.0629 e. The van der Waals surface area contributed by atoms with Gasteiger partial charge in [-0.05, 0) is 82.7 Å². The van der Waals surface area contributed by atoms with Crippen molar-refractivity contribution in [3.8, 4) is 33.4 Å². The molecule has 40 heavy (non-hydrogen) atoms. The van der Waals surface area contributed by atoms with E-state index >= 15 is 0 Å². The summed E-state index contributed by atoms with van der Waals surface area (Å²) in [6.45, 7) is 6.81. The van der Waals surface area contributed by atoms with Crippen LogP contribution in [0.3, 0.4) is 0 Å². The van der Waals surface area contributed by atoms with E-state index < -0.39 is 0 Å². The first-order valence-corrected chi connectivity index (χ1v) is 13.7. The summed E-state index contributed by atoms with van der Waals surface area (Å²) in [6.07, 6.45) is 0. The van der Waals surface area contributed by atoms with Crippen LogP contribution in [0.25, 0.3) is 65.7 Å². The van der Waals surface area contributed by atoms with E-state index in [0.717, 1.165) is 11.1 Å². The van der Waals surface area contributed by atoms with Gasteiger partial charge in [0.1, 0.15) is 0 Å². The van der Waals surface area contributed by atoms with Gasteiger partial charge in [0.05, 0.1) is 6.85 Å². The van der Waals surface area contributed by atoms with Crippen LogP contribution in [0.2, 0.25) is 0 Å². The van der Waals surface area contributed by atoms with Crippen molar-refractivity contribution in [3.63, 3.8) is 0 Å². The average Bonchev–Trinajstić information content (AvgIpc) is 3.04. The summed E-state index contributed by atoms with van der Waals surface area (Å²) in [4.78, 5) is 0. The van der Waals surface area contributed by atoms with E-state index in [-0.39, 0.29) is 41.2 Å². The minimum absolute atomic E-state index is 0.126. The minimum Gasteiger partial charge on any atom is -0.0622 e. The molecule has 0 aliphatic rings. The maximum Gasteiger partial charge on any atom is 0.0629 e. The second-order valence-corrected chi connectivity index (χ2v) is 11.4. The molecule has 0 bridgehead atoms. The van der Waals surface area contributed by atoms with Crippen LogP contribution in [0.1, 0.15) is 33.2 Å². The van der Waals surface area contributed by atoms with Crippen LogP contribution in [0.15, 0.2) is 139 Å². The van der Waals surface area contributed by atoms with E-state index in [2.05, 4.69) is 106 Å². The van der Waals surface area contributed by atoms with Gasteiger partial charge < -0.3 is 0 Å². The SMILES string of the molecule is [2H]c1c([2H])c([2H])c(-c2ccc(-c3ccc4c(-c5cccc6ccccc56)c5ccccc5c(C(C)(C)C)c4c3)cc2)c([2H])c1[2H]. The lowest BCUT2D eigenvalue weighted by atomic mass is 9.77. The predicted molar refractivity (Wildman–Crippen MR) is 174 cm³/mol. The Hall–Kier alpha value is -4.68. The van der Waals surface area contributed by atoms with Crippen molar-refractivity contribution in [2.24, 2.45) is 0 Å². The second kappa shape index (κ2) is 9.50. The highest BCUT2D eigenvalue weighted by Crippen LogP contribution is 2.46. The maximum atomic E-state index is 8.40. The molecule has 0 heterocycles. The van der Waals surface area contributed by atoms with Gasteiger partial charge in [0.25, 0.3) is 0 Å². The molecule has 7 aromatic rings. The Bertz CT molecular complexity index is 2260. The van der Waals surface area contributed by atoms with Crippen molar-refractivity contribution in [2.75, 3.05) is 0 Å². The van der Waals surface area contributed by atoms with Crippen LogP contribution in [0, 0.1) is 0 Å². The molecule has 0 unspecified atom stereocenters. The van der Waals surface area contributed by atoms with Crippen molar-refractivity contribution in [1.82, 2.24) is 0 Å². The number of hydrogen-bond donors (Lipinski definition) is 0. The quantitative estimate of drug-likeness (QED) is 0.204. The molecule has 7 aromatic carbocycles. The van der Waals surface area contributed by atoms with Crippen molar-refractivity contribution in [1.29, 1.82) is 0 Å². The topological polar surface area (TPSA) is 0 Å². The minimum atomic E-state index is -0.383. The van der Waals surface area contributed by atoms with Gasteiger partial charge in [0, 0.05) is 0 Å². The lowest BCUT2D eigenvalue weighted by molar-refractivity contribution is 0.601. The van der Waals surface area contributed by atoms with E-state index in [4.69, 9.17) is 6.85 Å². The molecule has 0 aromatic heterocycles. The van der Waals surface area contributed by atoms with Gasteiger partial charge in [-0.25, -0.2) is 0 Å². The maximum absolute atomic E-state index is 8.40. The Kier molecular flexibility index (Phi) is 4.61. The van der Waals surface area contributed by atoms with E-state index in [9.17, 15) is 0 Å². The predicted octanol–water partition coefficient (Wildman–Crippen LogP) is 11.4. The Balaban J connectivity index is 1.47. The molecule has 7 rings (SSSR count). The van der Waals surface area contributed by atoms with Gasteiger partial charge in [-0.2, -0.15) is 0 Å². The van der Waals surface area contributed by atoms with Crippen LogP contribution in [0.5, 0.6) is 0 Å². The molecule has 0 aliphatic heterocycles. The van der Waals surface area contributed by atoms with E-state index in [1.165, 1.54) is 49.0 Å². The standard InChI is InChI=1S/C40H32/c1-40(2,3)39-36-18-10-9-17-34(36)38(33-19-11-15-30-14-7-8-16-32(30)33)35-25-24-31(26-37(35)39)29-22-20-28(21-23-29)27-12-5-4-6-13-27/h4-26H,1-3H3/i4D,5D,6D,12D,13D. The average molecular weight is 518 g/mol. The first-order chi connectivity index (χ1) is 21.6. The number of rotatable bonds is 3. The molecule has 0 aliphatic carbocycles. The third-order valence-corrected chi connectivity index (χ3v) is 7.84. The molecule has 0 heteroatoms. The summed E-state index contributed by atoms with van der Waals surface area (Å²) in [5.74, 6) is 0. The van der Waals surface area contributed by atoms with Crippen LogP contribution in [0.4, 0.5) is 0 Å². The molecule has 0 N–H and O–H groups in total. The highest BCUT2D eigenvalue weighted by molar-refractivity contribution is 6.19. The molecule has 0 spiro atoms. The monoisotopic (exact) mass is 517 g/mol. The molecular weight excluding hydrogens is 480 g/mol. The molecule has 192 valence electrons. The smallest absolute Gasteiger partial charge is 0.0622 e. The Morgan fingerprint density at radius 1 is 0.475 bits per heavy atom. The van der Waals surface area contributed by atoms with E-state index in [0.29, 0.717) is 5.56 Å². The lowest BCUT2D eigenvalue weighted by Gasteiger charge is -2.27. The molecule has 0 saturated carbocycles. The van der Waals surface area contributed by atoms with Crippen LogP contribution in [-0.2, 0) is 5.41 Å². The zero-order valence-electron chi connectivity index (χ0n) is 27.9. The van der Waals surface area contributed by atoms with Gasteiger partial charge in [-0.3, -0.25) is 0 Å². The number of fused-ring (bicyclic) bond motifs is 3. The Morgan fingerprint density at radius 3 is 1.77 bits per heavy atom. The molecule has 0 nitrogen and oxygen atoms in total. The molecule has 0 radical (unpaired) electrons. The number of hydrogen-bond acceptors (Lipinski definition) is 0. The van der Waals surface area contributed by atoms with Crippen molar-refractivity contribution >= 4 is 32.3 Å². The summed E-state index contributed by atoms with van der Waals surface area (Å²) in [5, 5.41) is 7.33. The Labute approximate surface area is 243 Å². The van der Waals surface area contributed by atoms with Crippen molar-refractivity contribution in [3.05, 3.63) is 145 Å². The highest BCUT2D eigenvalue weighted by atomic mass is 14.3. The second-order valence-electron chi connectivity index (χ2n) is 11.4. The summed E-state index contributed by atoms with van der Waals surface area (Å²) >= 11 is 0. The zero-order chi connectivity index (χ0) is 31.6. The highest BCUT2D eigenvalue weighted by Gasteiger charge is 2.24. The van der Waals surface area contributed by atoms with Crippen LogP contribution < -0.4 is 0 Å². The molecule has 0 amide bonds. The summed E-state index contributed by atoms with van der Waals surface area (Å²) in [6, 6.07) is 36.7. The lowest BCUT2D eigenvalue weighted by Crippen LogP contribution is -2.13. The summed E-state index contributed by atoms with van der Waals surface area (Å²) in [7, 11) is 0.